The van der Waals surface area contributed by atoms with Gasteiger partial charge in [0, 0.05) is 12.1 Å². The number of carbonyl (C=O) groups excluding carboxylic acids is 1. The number of benzene rings is 1. The van der Waals surface area contributed by atoms with Gasteiger partial charge in [-0.2, -0.15) is 18.3 Å². The highest BCUT2D eigenvalue weighted by atomic mass is 35.5. The van der Waals surface area contributed by atoms with Crippen LogP contribution in [0.15, 0.2) is 12.1 Å². The zero-order chi connectivity index (χ0) is 15.9. The number of aldehydes is 1. The smallest absolute Gasteiger partial charge is 0.298 e. The fourth-order valence-electron chi connectivity index (χ4n) is 1.56. The maximum atomic E-state index is 13.5. The molecule has 0 radical (unpaired) electrons. The van der Waals surface area contributed by atoms with Crippen molar-refractivity contribution in [2.24, 2.45) is 0 Å². The Morgan fingerprint density at radius 1 is 1.10 bits per heavy atom. The second-order valence-electron chi connectivity index (χ2n) is 3.80. The van der Waals surface area contributed by atoms with E-state index >= 15 is 0 Å². The van der Waals surface area contributed by atoms with Gasteiger partial charge in [0.25, 0.3) is 0 Å². The average molecular weight is 329 g/mol. The molecule has 0 fully saturated rings. The minimum absolute atomic E-state index is 0.122. The monoisotopic (exact) mass is 328 g/mol. The molecule has 0 N–H and O–H groups in total. The quantitative estimate of drug-likeness (QED) is 0.478. The molecular weight excluding hydrogens is 326 g/mol. The van der Waals surface area contributed by atoms with Crippen LogP contribution in [0.4, 0.5) is 26.3 Å². The van der Waals surface area contributed by atoms with E-state index in [2.05, 4.69) is 5.10 Å². The molecule has 0 aliphatic carbocycles. The van der Waals surface area contributed by atoms with E-state index in [1.807, 2.05) is 0 Å². The van der Waals surface area contributed by atoms with E-state index in [-0.39, 0.29) is 23.1 Å². The number of halogens is 7. The number of hydrogen-bond donors (Lipinski definition) is 0. The molecule has 1 heterocycles. The molecule has 0 aliphatic heterocycles. The van der Waals surface area contributed by atoms with Crippen molar-refractivity contribution < 1.29 is 31.1 Å². The molecule has 21 heavy (non-hydrogen) atoms. The zero-order valence-electron chi connectivity index (χ0n) is 9.68. The lowest BCUT2D eigenvalue weighted by atomic mass is 10.2. The zero-order valence-corrected chi connectivity index (χ0v) is 10.4. The van der Waals surface area contributed by atoms with Gasteiger partial charge in [-0.15, -0.1) is 0 Å². The Morgan fingerprint density at radius 3 is 2.14 bits per heavy atom. The van der Waals surface area contributed by atoms with Gasteiger partial charge in [-0.1, -0.05) is 11.6 Å². The first-order valence-electron chi connectivity index (χ1n) is 5.12. The van der Waals surface area contributed by atoms with Crippen molar-refractivity contribution in [2.75, 3.05) is 0 Å². The van der Waals surface area contributed by atoms with Crippen LogP contribution in [0.5, 0.6) is 0 Å². The largest absolute Gasteiger partial charge is 0.435 e. The Labute approximate surface area is 117 Å². The molecule has 0 atom stereocenters. The van der Waals surface area contributed by atoms with Gasteiger partial charge in [-0.3, -0.25) is 4.79 Å². The summed E-state index contributed by atoms with van der Waals surface area (Å²) in [5.74, 6) is -4.45. The second-order valence-corrected chi connectivity index (χ2v) is 4.16. The molecule has 2 rings (SSSR count). The molecule has 2 aromatic rings. The molecule has 0 saturated carbocycles. The van der Waals surface area contributed by atoms with Crippen LogP contribution in [0.25, 0.3) is 5.69 Å². The molecule has 0 aliphatic rings. The normalized spacial score (nSPS) is 11.8. The number of alkyl halides is 3. The third kappa shape index (κ3) is 2.60. The van der Waals surface area contributed by atoms with Crippen molar-refractivity contribution in [3.8, 4) is 5.69 Å². The summed E-state index contributed by atoms with van der Waals surface area (Å²) in [5, 5.41) is 2.08. The second kappa shape index (κ2) is 5.06. The molecule has 0 amide bonds. The maximum Gasteiger partial charge on any atom is 0.435 e. The molecule has 10 heteroatoms. The van der Waals surface area contributed by atoms with E-state index in [4.69, 9.17) is 11.6 Å². The van der Waals surface area contributed by atoms with Crippen LogP contribution in [0.1, 0.15) is 16.1 Å². The lowest BCUT2D eigenvalue weighted by molar-refractivity contribution is -0.141. The van der Waals surface area contributed by atoms with E-state index in [1.165, 1.54) is 0 Å². The van der Waals surface area contributed by atoms with E-state index in [1.54, 1.807) is 0 Å². The van der Waals surface area contributed by atoms with Crippen LogP contribution in [0.3, 0.4) is 0 Å². The van der Waals surface area contributed by atoms with Gasteiger partial charge < -0.3 is 0 Å². The SMILES string of the molecule is O=Cc1c(C(F)(F)F)nn(-c2cc(F)c(F)cc2F)c1Cl. The lowest BCUT2D eigenvalue weighted by Crippen LogP contribution is -2.10. The van der Waals surface area contributed by atoms with Gasteiger partial charge in [0.1, 0.15) is 10.8 Å². The van der Waals surface area contributed by atoms with Crippen molar-refractivity contribution in [2.45, 2.75) is 6.18 Å². The summed E-state index contributed by atoms with van der Waals surface area (Å²) in [5.41, 5.74) is -3.56. The van der Waals surface area contributed by atoms with Crippen molar-refractivity contribution in [3.05, 3.63) is 46.0 Å². The first-order valence-corrected chi connectivity index (χ1v) is 5.50. The third-order valence-electron chi connectivity index (χ3n) is 2.47. The topological polar surface area (TPSA) is 34.9 Å². The molecule has 0 saturated heterocycles. The Hall–Kier alpha value is -2.03. The van der Waals surface area contributed by atoms with Gasteiger partial charge in [0.2, 0.25) is 0 Å². The summed E-state index contributed by atoms with van der Waals surface area (Å²) in [6.45, 7) is 0. The van der Waals surface area contributed by atoms with Crippen LogP contribution >= 0.6 is 11.6 Å². The molecule has 3 nitrogen and oxygen atoms in total. The van der Waals surface area contributed by atoms with Gasteiger partial charge in [0.15, 0.2) is 29.4 Å². The lowest BCUT2D eigenvalue weighted by Gasteiger charge is -2.05. The highest BCUT2D eigenvalue weighted by molar-refractivity contribution is 6.32. The predicted octanol–water partition coefficient (Wildman–Crippen LogP) is 3.77. The highest BCUT2D eigenvalue weighted by Gasteiger charge is 2.39. The third-order valence-corrected chi connectivity index (χ3v) is 2.83. The first kappa shape index (κ1) is 15.4. The Bertz CT molecular complexity index is 724. The van der Waals surface area contributed by atoms with Crippen LogP contribution in [-0.2, 0) is 6.18 Å². The minimum Gasteiger partial charge on any atom is -0.298 e. The fraction of sp³-hybridized carbons (Fsp3) is 0.0909. The molecule has 0 spiro atoms. The van der Waals surface area contributed by atoms with Crippen molar-refractivity contribution in [1.82, 2.24) is 9.78 Å². The summed E-state index contributed by atoms with van der Waals surface area (Å²) >= 11 is 5.52. The molecule has 0 unspecified atom stereocenters. The van der Waals surface area contributed by atoms with Crippen LogP contribution in [0.2, 0.25) is 5.15 Å². The standard InChI is InChI=1S/C11H3ClF6N2O/c12-10-4(3-21)9(11(16,17)18)19-20(10)8-2-6(14)5(13)1-7(8)15/h1-3H. The number of aromatic nitrogens is 2. The maximum absolute atomic E-state index is 13.5. The first-order chi connectivity index (χ1) is 9.66. The number of carbonyl (C=O) groups is 1. The van der Waals surface area contributed by atoms with Crippen LogP contribution in [-0.4, -0.2) is 16.1 Å². The molecule has 112 valence electrons. The Balaban J connectivity index is 2.74. The van der Waals surface area contributed by atoms with Crippen molar-refractivity contribution in [3.63, 3.8) is 0 Å². The van der Waals surface area contributed by atoms with Gasteiger partial charge in [-0.05, 0) is 0 Å². The molecule has 0 bridgehead atoms. The molecule has 1 aromatic heterocycles. The minimum atomic E-state index is -5.03. The highest BCUT2D eigenvalue weighted by Crippen LogP contribution is 2.35. The van der Waals surface area contributed by atoms with Crippen molar-refractivity contribution in [1.29, 1.82) is 0 Å². The van der Waals surface area contributed by atoms with Gasteiger partial charge in [0.05, 0.1) is 5.56 Å². The van der Waals surface area contributed by atoms with E-state index < -0.39 is 45.7 Å². The predicted molar refractivity (Wildman–Crippen MR) is 58.8 cm³/mol. The summed E-state index contributed by atoms with van der Waals surface area (Å²) in [6, 6.07) is 0.398. The summed E-state index contributed by atoms with van der Waals surface area (Å²) < 4.78 is 77.6. The van der Waals surface area contributed by atoms with E-state index in [9.17, 15) is 31.1 Å². The number of rotatable bonds is 2. The summed E-state index contributed by atoms with van der Waals surface area (Å²) in [7, 11) is 0. The Morgan fingerprint density at radius 2 is 1.67 bits per heavy atom. The van der Waals surface area contributed by atoms with Crippen LogP contribution in [0, 0.1) is 17.5 Å². The fourth-order valence-corrected chi connectivity index (χ4v) is 1.82. The van der Waals surface area contributed by atoms with Gasteiger partial charge in [-0.25, -0.2) is 17.9 Å². The number of nitrogens with zero attached hydrogens (tertiary/aromatic N) is 2. The van der Waals surface area contributed by atoms with Gasteiger partial charge >= 0.3 is 6.18 Å². The number of hydrogen-bond acceptors (Lipinski definition) is 2. The summed E-state index contributed by atoms with van der Waals surface area (Å²) in [6.07, 6.45) is -5.24. The van der Waals surface area contributed by atoms with E-state index in [0.717, 1.165) is 0 Å². The summed E-state index contributed by atoms with van der Waals surface area (Å²) in [4.78, 5) is 10.7. The Kier molecular flexibility index (Phi) is 3.70. The van der Waals surface area contributed by atoms with E-state index in [0.29, 0.717) is 0 Å². The molecule has 1 aromatic carbocycles. The van der Waals surface area contributed by atoms with Crippen molar-refractivity contribution >= 4 is 17.9 Å². The molecular formula is C11H3ClF6N2O. The van der Waals surface area contributed by atoms with Crippen LogP contribution < -0.4 is 0 Å². The average Bonchev–Trinajstić information content (AvgIpc) is 2.70.